The van der Waals surface area contributed by atoms with Crippen molar-refractivity contribution in [1.29, 1.82) is 0 Å². The van der Waals surface area contributed by atoms with Gasteiger partial charge < -0.3 is 10.1 Å². The van der Waals surface area contributed by atoms with Gasteiger partial charge in [-0.3, -0.25) is 4.79 Å². The molecule has 0 bridgehead atoms. The third kappa shape index (κ3) is 3.39. The van der Waals surface area contributed by atoms with Gasteiger partial charge in [-0.15, -0.1) is 0 Å². The maximum Gasteiger partial charge on any atom is 0.269 e. The van der Waals surface area contributed by atoms with E-state index in [1.165, 1.54) is 4.68 Å². The average molecular weight is 338 g/mol. The molecule has 0 saturated heterocycles. The largest absolute Gasteiger partial charge is 0.496 e. The summed E-state index contributed by atoms with van der Waals surface area (Å²) >= 11 is 3.43. The molecule has 0 fully saturated rings. The molecule has 6 heteroatoms. The molecule has 0 amide bonds. The lowest BCUT2D eigenvalue weighted by molar-refractivity contribution is 0.412. The third-order valence-corrected chi connectivity index (χ3v) is 3.42. The van der Waals surface area contributed by atoms with Crippen molar-refractivity contribution in [2.75, 3.05) is 19.0 Å². The van der Waals surface area contributed by atoms with Crippen LogP contribution in [0.25, 0.3) is 0 Å². The number of benzene rings is 1. The van der Waals surface area contributed by atoms with Crippen molar-refractivity contribution in [3.8, 4) is 5.75 Å². The number of halogens is 1. The lowest BCUT2D eigenvalue weighted by Gasteiger charge is -2.08. The summed E-state index contributed by atoms with van der Waals surface area (Å²) in [6, 6.07) is 7.24. The third-order valence-electron chi connectivity index (χ3n) is 2.80. The van der Waals surface area contributed by atoms with E-state index >= 15 is 0 Å². The van der Waals surface area contributed by atoms with Crippen LogP contribution in [0.15, 0.2) is 39.7 Å². The Labute approximate surface area is 125 Å². The molecule has 0 saturated carbocycles. The predicted molar refractivity (Wildman–Crippen MR) is 82.5 cm³/mol. The highest BCUT2D eigenvalue weighted by atomic mass is 79.9. The first-order valence-corrected chi connectivity index (χ1v) is 7.06. The molecule has 2 aromatic rings. The van der Waals surface area contributed by atoms with Crippen molar-refractivity contribution in [3.05, 3.63) is 50.9 Å². The molecule has 0 aliphatic rings. The first-order valence-electron chi connectivity index (χ1n) is 6.27. The molecule has 1 N–H and O–H groups in total. The van der Waals surface area contributed by atoms with Crippen molar-refractivity contribution in [2.45, 2.75) is 13.5 Å². The Morgan fingerprint density at radius 1 is 1.40 bits per heavy atom. The molecule has 0 atom stereocenters. The fourth-order valence-corrected chi connectivity index (χ4v) is 2.42. The zero-order valence-corrected chi connectivity index (χ0v) is 13.0. The van der Waals surface area contributed by atoms with Crippen LogP contribution in [0.5, 0.6) is 5.75 Å². The van der Waals surface area contributed by atoms with Crippen LogP contribution < -0.4 is 15.6 Å². The van der Waals surface area contributed by atoms with Crippen molar-refractivity contribution in [1.82, 2.24) is 9.78 Å². The second-order valence-corrected chi connectivity index (χ2v) is 5.09. The second kappa shape index (κ2) is 6.56. The molecule has 1 aromatic carbocycles. The Kier molecular flexibility index (Phi) is 4.79. The van der Waals surface area contributed by atoms with Crippen LogP contribution in [-0.4, -0.2) is 23.4 Å². The van der Waals surface area contributed by atoms with Crippen LogP contribution in [0.1, 0.15) is 12.5 Å². The molecule has 106 valence electrons. The van der Waals surface area contributed by atoms with Crippen molar-refractivity contribution in [3.63, 3.8) is 0 Å². The van der Waals surface area contributed by atoms with E-state index in [4.69, 9.17) is 4.74 Å². The predicted octanol–water partition coefficient (Wildman–Crippen LogP) is 2.49. The summed E-state index contributed by atoms with van der Waals surface area (Å²) in [5.41, 5.74) is 1.59. The normalized spacial score (nSPS) is 10.3. The summed E-state index contributed by atoms with van der Waals surface area (Å²) in [5.74, 6) is 0.761. The Bertz CT molecular complexity index is 655. The molecule has 0 unspecified atom stereocenters. The summed E-state index contributed by atoms with van der Waals surface area (Å²) < 4.78 is 7.46. The number of hydrogen-bond acceptors (Lipinski definition) is 4. The molecule has 0 aliphatic carbocycles. The van der Waals surface area contributed by atoms with Gasteiger partial charge in [0.2, 0.25) is 0 Å². The molecule has 0 radical (unpaired) electrons. The smallest absolute Gasteiger partial charge is 0.269 e. The molecule has 2 rings (SSSR count). The molecule has 0 aliphatic heterocycles. The Morgan fingerprint density at radius 3 is 2.80 bits per heavy atom. The number of methoxy groups -OCH3 is 1. The molecule has 5 nitrogen and oxygen atoms in total. The first-order chi connectivity index (χ1) is 9.63. The van der Waals surface area contributed by atoms with Gasteiger partial charge in [0.1, 0.15) is 5.75 Å². The molecular weight excluding hydrogens is 322 g/mol. The minimum absolute atomic E-state index is 0.129. The van der Waals surface area contributed by atoms with Gasteiger partial charge in [-0.05, 0) is 40.5 Å². The van der Waals surface area contributed by atoms with E-state index in [1.807, 2.05) is 25.1 Å². The second-order valence-electron chi connectivity index (χ2n) is 4.24. The van der Waals surface area contributed by atoms with Gasteiger partial charge in [-0.25, -0.2) is 4.68 Å². The van der Waals surface area contributed by atoms with Gasteiger partial charge in [0, 0.05) is 12.6 Å². The maximum atomic E-state index is 12.0. The van der Waals surface area contributed by atoms with Crippen molar-refractivity contribution >= 4 is 21.6 Å². The van der Waals surface area contributed by atoms with Gasteiger partial charge in [-0.2, -0.15) is 5.10 Å². The van der Waals surface area contributed by atoms with E-state index in [9.17, 15) is 4.79 Å². The van der Waals surface area contributed by atoms with Gasteiger partial charge in [0.05, 0.1) is 30.0 Å². The van der Waals surface area contributed by atoms with Crippen molar-refractivity contribution in [2.24, 2.45) is 0 Å². The van der Waals surface area contributed by atoms with Crippen LogP contribution in [0, 0.1) is 0 Å². The van der Waals surface area contributed by atoms with E-state index in [2.05, 4.69) is 26.3 Å². The number of nitrogens with one attached hydrogen (secondary N) is 1. The van der Waals surface area contributed by atoms with E-state index in [0.29, 0.717) is 6.54 Å². The zero-order valence-electron chi connectivity index (χ0n) is 11.4. The Morgan fingerprint density at radius 2 is 2.20 bits per heavy atom. The Balaban J connectivity index is 2.22. The number of aromatic nitrogens is 2. The first kappa shape index (κ1) is 14.6. The molecule has 20 heavy (non-hydrogen) atoms. The van der Waals surface area contributed by atoms with Gasteiger partial charge in [0.25, 0.3) is 5.56 Å². The lowest BCUT2D eigenvalue weighted by Crippen LogP contribution is -2.23. The van der Waals surface area contributed by atoms with Crippen LogP contribution in [0.2, 0.25) is 0 Å². The monoisotopic (exact) mass is 337 g/mol. The summed E-state index contributed by atoms with van der Waals surface area (Å²) in [4.78, 5) is 12.0. The summed E-state index contributed by atoms with van der Waals surface area (Å²) in [5, 5.41) is 7.22. The van der Waals surface area contributed by atoms with E-state index in [0.717, 1.165) is 28.0 Å². The van der Waals surface area contributed by atoms with Crippen LogP contribution in [0.4, 0.5) is 5.69 Å². The number of ether oxygens (including phenoxy) is 1. The van der Waals surface area contributed by atoms with Gasteiger partial charge >= 0.3 is 0 Å². The molecule has 0 spiro atoms. The molecular formula is C14H16BrN3O2. The summed E-state index contributed by atoms with van der Waals surface area (Å²) in [7, 11) is 1.62. The van der Waals surface area contributed by atoms with Crippen LogP contribution in [0.3, 0.4) is 0 Å². The molecule has 1 aromatic heterocycles. The highest BCUT2D eigenvalue weighted by Gasteiger charge is 2.04. The minimum Gasteiger partial charge on any atom is -0.496 e. The topological polar surface area (TPSA) is 56.1 Å². The van der Waals surface area contributed by atoms with Crippen LogP contribution in [-0.2, 0) is 6.54 Å². The number of hydrogen-bond donors (Lipinski definition) is 1. The SMILES string of the molecule is CCNc1cnn(Cc2ccc(OC)c(Br)c2)c(=O)c1. The van der Waals surface area contributed by atoms with Gasteiger partial charge in [0.15, 0.2) is 0 Å². The standard InChI is InChI=1S/C14H16BrN3O2/c1-3-16-11-7-14(19)18(17-8-11)9-10-4-5-13(20-2)12(15)6-10/h4-8,16H,3,9H2,1-2H3. The van der Waals surface area contributed by atoms with Crippen LogP contribution >= 0.6 is 15.9 Å². The Hall–Kier alpha value is -1.82. The summed E-state index contributed by atoms with van der Waals surface area (Å²) in [6.45, 7) is 3.16. The number of rotatable bonds is 5. The number of nitrogens with zero attached hydrogens (tertiary/aromatic N) is 2. The maximum absolute atomic E-state index is 12.0. The highest BCUT2D eigenvalue weighted by Crippen LogP contribution is 2.25. The van der Waals surface area contributed by atoms with E-state index in [1.54, 1.807) is 19.4 Å². The fraction of sp³-hybridized carbons (Fsp3) is 0.286. The van der Waals surface area contributed by atoms with Gasteiger partial charge in [-0.1, -0.05) is 6.07 Å². The minimum atomic E-state index is -0.129. The van der Waals surface area contributed by atoms with E-state index in [-0.39, 0.29) is 5.56 Å². The fourth-order valence-electron chi connectivity index (χ4n) is 1.83. The number of anilines is 1. The average Bonchev–Trinajstić information content (AvgIpc) is 2.42. The van der Waals surface area contributed by atoms with Crippen molar-refractivity contribution < 1.29 is 4.74 Å². The molecule has 1 heterocycles. The zero-order chi connectivity index (χ0) is 14.5. The summed E-state index contributed by atoms with van der Waals surface area (Å²) in [6.07, 6.45) is 1.66. The highest BCUT2D eigenvalue weighted by molar-refractivity contribution is 9.10. The quantitative estimate of drug-likeness (QED) is 0.910. The van der Waals surface area contributed by atoms with E-state index < -0.39 is 0 Å². The lowest BCUT2D eigenvalue weighted by atomic mass is 10.2.